The Kier molecular flexibility index (Phi) is 56.4. The van der Waals surface area contributed by atoms with Crippen LogP contribution in [0.5, 0.6) is 0 Å². The van der Waals surface area contributed by atoms with Crippen molar-refractivity contribution >= 4 is 110 Å². The van der Waals surface area contributed by atoms with E-state index in [-0.39, 0.29) is 97.5 Å². The van der Waals surface area contributed by atoms with Gasteiger partial charge < -0.3 is 76.6 Å². The quantitative estimate of drug-likeness (QED) is 0.0244. The Hall–Kier alpha value is -7.21. The van der Waals surface area contributed by atoms with E-state index in [1.165, 1.54) is 84.3 Å². The molecule has 10 fully saturated rings. The van der Waals surface area contributed by atoms with Gasteiger partial charge in [0.15, 0.2) is 19.6 Å². The summed E-state index contributed by atoms with van der Waals surface area (Å²) in [5.41, 5.74) is 12.6. The molecule has 2 aromatic carbocycles. The number of carbonyl (C=O) groups excluding carboxylic acids is 3. The third-order valence-electron chi connectivity index (χ3n) is 23.2. The van der Waals surface area contributed by atoms with Crippen molar-refractivity contribution in [1.82, 2.24) is 20.4 Å². The van der Waals surface area contributed by atoms with Gasteiger partial charge in [0.05, 0.1) is 71.7 Å². The van der Waals surface area contributed by atoms with Gasteiger partial charge in [0.25, 0.3) is 23.2 Å². The number of nitrogens with one attached hydrogen (secondary N) is 2. The number of carboxylic acid groups (broad SMARTS) is 4. The first-order valence-electron chi connectivity index (χ1n) is 46.3. The number of aryl methyl sites for hydroxylation is 4. The zero-order valence-electron chi connectivity index (χ0n) is 82.4. The average molecular weight is 1820 g/mol. The zero-order valence-corrected chi connectivity index (χ0v) is 79.0. The normalized spacial score (nSPS) is 26.3. The predicted molar refractivity (Wildman–Crippen MR) is 512 cm³/mol. The topological polar surface area (TPSA) is 459 Å². The van der Waals surface area contributed by atoms with Crippen LogP contribution in [-0.4, -0.2) is 241 Å². The minimum absolute atomic E-state index is 0.0850. The molecule has 2 aromatic rings. The number of allylic oxidation sites excluding steroid dienone is 11. The molecule has 4 aliphatic heterocycles. The second kappa shape index (κ2) is 66.2. The minimum atomic E-state index is -0.883. The Balaban J connectivity index is 0.00000145. The van der Waals surface area contributed by atoms with Crippen molar-refractivity contribution in [2.24, 2.45) is 35.5 Å². The van der Waals surface area contributed by atoms with Gasteiger partial charge >= 0.3 is 23.9 Å². The van der Waals surface area contributed by atoms with Gasteiger partial charge in [0.1, 0.15) is 23.0 Å². The number of nitrogens with zero attached hydrogens (tertiary/aromatic N) is 4. The van der Waals surface area contributed by atoms with Crippen molar-refractivity contribution in [2.75, 3.05) is 59.2 Å². The third-order valence-corrected chi connectivity index (χ3v) is 23.2. The van der Waals surface area contributed by atoms with Crippen molar-refractivity contribution in [3.63, 3.8) is 0 Å². The number of aliphatic carboxylic acids is 4. The molecule has 13 N–H and O–H groups in total. The predicted octanol–water partition coefficient (Wildman–Crippen LogP) is 13.5. The number of thiol groups is 3. The number of aliphatic hydroxyl groups excluding tert-OH is 7. The number of aliphatic hydroxyl groups is 7. The molecule has 0 radical (unpaired) electrons. The maximum absolute atomic E-state index is 12.9. The highest BCUT2D eigenvalue weighted by Gasteiger charge is 2.38. The summed E-state index contributed by atoms with van der Waals surface area (Å²) in [6.07, 6.45) is 33.2. The van der Waals surface area contributed by atoms with E-state index in [0.717, 1.165) is 84.4 Å². The highest BCUT2D eigenvalue weighted by Crippen LogP contribution is 2.35. The highest BCUT2D eigenvalue weighted by atomic mass is 32.1. The number of β-amino-alcohol motifs (C(OH)–C–C–N with tert-alkyl or cyclic N) is 1. The third kappa shape index (κ3) is 45.1. The molecule has 34 heteroatoms. The molecule has 6 saturated carbocycles. The summed E-state index contributed by atoms with van der Waals surface area (Å²) in [5, 5.41) is 111. The van der Waals surface area contributed by atoms with E-state index in [0.29, 0.717) is 109 Å². The van der Waals surface area contributed by atoms with Crippen molar-refractivity contribution in [3.8, 4) is 0 Å². The Morgan fingerprint density at radius 2 is 0.888 bits per heavy atom. The average Bonchev–Trinajstić information content (AvgIpc) is 1.61. The van der Waals surface area contributed by atoms with E-state index in [9.17, 15) is 58.9 Å². The molecule has 0 aromatic heterocycles. The van der Waals surface area contributed by atoms with Crippen LogP contribution in [-0.2, 0) is 24.0 Å². The number of nitro groups is 2. The van der Waals surface area contributed by atoms with Gasteiger partial charge in [-0.3, -0.25) is 53.8 Å². The molecule has 0 unspecified atom stereocenters. The van der Waals surface area contributed by atoms with E-state index < -0.39 is 63.6 Å². The first kappa shape index (κ1) is 107. The van der Waals surface area contributed by atoms with Crippen LogP contribution in [0.4, 0.5) is 11.4 Å². The lowest BCUT2D eigenvalue weighted by molar-refractivity contribution is -0.385. The van der Waals surface area contributed by atoms with Gasteiger partial charge in [0.2, 0.25) is 4.29 Å². The lowest BCUT2D eigenvalue weighted by atomic mass is 10.0. The molecule has 6 aliphatic carbocycles. The van der Waals surface area contributed by atoms with E-state index in [1.54, 1.807) is 56.9 Å². The smallest absolute Gasteiger partial charge is 0.320 e. The van der Waals surface area contributed by atoms with Gasteiger partial charge in [-0.2, -0.15) is 0 Å². The molecule has 4 heterocycles. The number of Topliss-reactive ketones (excluding diaryl/α,β-unsaturated/α-hetero) is 1. The molecular formula is C91H149B3N6O22S3. The van der Waals surface area contributed by atoms with Crippen molar-refractivity contribution in [2.45, 2.75) is 281 Å². The number of hydrogen-bond acceptors (Lipinski definition) is 23. The van der Waals surface area contributed by atoms with Gasteiger partial charge in [-0.25, -0.2) is 37.4 Å². The second-order valence-electron chi connectivity index (χ2n) is 32.4. The fraction of sp³-hybridized carbons (Fsp3) is 0.637. The molecule has 125 heavy (non-hydrogen) atoms. The van der Waals surface area contributed by atoms with Crippen LogP contribution in [0.15, 0.2) is 106 Å². The Morgan fingerprint density at radius 1 is 0.488 bits per heavy atom. The lowest BCUT2D eigenvalue weighted by Gasteiger charge is -2.22. The maximum atomic E-state index is 12.9. The van der Waals surface area contributed by atoms with Crippen LogP contribution < -0.4 is 10.6 Å². The van der Waals surface area contributed by atoms with Crippen LogP contribution in [0.2, 0.25) is 20.5 Å². The summed E-state index contributed by atoms with van der Waals surface area (Å²) in [4.78, 5) is 102. The molecule has 12 rings (SSSR count). The molecule has 10 aliphatic rings. The van der Waals surface area contributed by atoms with E-state index in [2.05, 4.69) is 115 Å². The molecule has 0 bridgehead atoms. The molecule has 4 saturated heterocycles. The van der Waals surface area contributed by atoms with Gasteiger partial charge in [-0.15, -0.1) is 0 Å². The van der Waals surface area contributed by atoms with Crippen LogP contribution in [0, 0.1) is 83.4 Å². The second-order valence-corrected chi connectivity index (χ2v) is 34.0. The first-order chi connectivity index (χ1) is 61.7. The number of nitro benzene ring substituents is 2. The number of ketones is 1. The largest absolute Gasteiger partial charge is 0.481 e. The molecule has 702 valence electrons. The number of likely N-dealkylation sites (tertiary alicyclic amines) is 2. The van der Waals surface area contributed by atoms with Gasteiger partial charge in [-0.05, 0) is 254 Å². The minimum Gasteiger partial charge on any atom is -0.481 e. The fourth-order valence-electron chi connectivity index (χ4n) is 15.0. The summed E-state index contributed by atoms with van der Waals surface area (Å²) >= 11 is 10.9. The maximum Gasteiger partial charge on any atom is 0.320 e. The van der Waals surface area contributed by atoms with Crippen LogP contribution in [0.3, 0.4) is 0 Å². The molecule has 12 atom stereocenters. The first-order valence-corrected chi connectivity index (χ1v) is 44.9. The van der Waals surface area contributed by atoms with Gasteiger partial charge in [0, 0.05) is 76.8 Å². The molecular weight excluding hydrogens is 1660 g/mol. The number of carboxylic acids is 4. The lowest BCUT2D eigenvalue weighted by Crippen LogP contribution is -2.38. The summed E-state index contributed by atoms with van der Waals surface area (Å²) < 4.78 is 39.4. The number of hydrogen-bond donors (Lipinski definition) is 16. The number of amides is 2. The zero-order chi connectivity index (χ0) is 99.9. The van der Waals surface area contributed by atoms with Crippen LogP contribution >= 0.6 is 37.4 Å². The Labute approximate surface area is 769 Å². The summed E-state index contributed by atoms with van der Waals surface area (Å²) in [5.74, 6) is -2.48. The number of carbonyl (C=O) groups is 7. The van der Waals surface area contributed by atoms with Gasteiger partial charge in [-0.1, -0.05) is 109 Å². The molecule has 2 amide bonds. The van der Waals surface area contributed by atoms with E-state index in [1.807, 2.05) is 59.8 Å². The standard InChI is InChI=1S/2C16H20N2O4.C8H12O2.2C8H14O.C8H14.C7H13NO.C6H10O3.C6H8O3.C5H9NO3.3CH5BS/c2*1-4-12-7-13(9-19)17(8-12)16(20)14-5-10(2)11(3)6-15(14)18(21)22;1-2-6-3-4-7(5-6)8(9)10;2*1-2-7-3-4-8(5-7)6-9;1-3-8-5-4-7(2)6-8;1-2-6-3-7(5-9)8-4-6;2*7-5-2-1-4(3-5)6(8)9;7-3-1-4(5(8)9)6-2-3;3*1-2-3/h2*4-6,13,19H,7-9H2,1-3H3;2,7H,3-5H2,1H3,(H,9,10);2*2,8-9H,3-6H2,1H3;3,7H,4-6H2,1-2H3;2,7-9H,3-5H2,1H3;4-5,7H,1-3H2,(H,8,9);4H,1-3H2,(H,8,9);3-4,6-7H,1-2H2,(H,8,9);3*2-3H,1H3/t2*13-;7-;2*8-;2*7-;4-,5-;4-;3-,4+;;;/m0000000001.../s1/i19T;;;9T;;;9T;;;;3*2D. The summed E-state index contributed by atoms with van der Waals surface area (Å²) in [6, 6.07) is 5.24. The summed E-state index contributed by atoms with van der Waals surface area (Å²) in [6.45, 7) is 31.6. The van der Waals surface area contributed by atoms with Crippen molar-refractivity contribution in [1.29, 1.82) is 8.30 Å². The van der Waals surface area contributed by atoms with Crippen molar-refractivity contribution < 1.29 is 99.6 Å². The number of rotatable bonds is 16. The van der Waals surface area contributed by atoms with Crippen molar-refractivity contribution in [3.05, 3.63) is 159 Å². The molecule has 0 spiro atoms. The number of benzene rings is 2. The fourth-order valence-corrected chi connectivity index (χ4v) is 15.0. The Morgan fingerprint density at radius 3 is 1.18 bits per heavy atom. The van der Waals surface area contributed by atoms with Crippen LogP contribution in [0.1, 0.15) is 240 Å². The SMILES string of the molecule is CC=C1CC[C@H](C(=O)O)C1.CC=C1CC[C@H](C)C1.CC=C1CC[C@H](CO)C1.CC=C1C[C@@H](CO)N(C(=O)c2cc(C)c(C)cc2[N+](=O)[O-])C1.O=C(O)[C@@H]1C[C@@H](O)CN1.O=C(O)[C@H]1CC[C@H](O)C1.O=C1CC[C@H](C(=O)O)C1.[2H]B(C)S.[2H]B(C)S.[2H]B(C)S.[3H]OC[C@@H]1CC(=CC)CN1.[3H]OC[C@@H]1CC(=CC)CN1C(=O)c1cc(C)c(C)cc1[N+](=O)[O-].[3H]OC[C@H]1CCC(=CC)C1. The monoisotopic (exact) mass is 1820 g/mol. The Bertz CT molecular complexity index is 4010. The molecule has 28 nitrogen and oxygen atoms in total. The van der Waals surface area contributed by atoms with E-state index >= 15 is 0 Å². The van der Waals surface area contributed by atoms with Crippen LogP contribution in [0.25, 0.3) is 0 Å². The van der Waals surface area contributed by atoms with E-state index in [4.69, 9.17) is 44.0 Å². The summed E-state index contributed by atoms with van der Waals surface area (Å²) in [7, 11) is 0. The highest BCUT2D eigenvalue weighted by molar-refractivity contribution is 8.07.